The highest BCUT2D eigenvalue weighted by atomic mass is 32.1. The second kappa shape index (κ2) is 7.78. The van der Waals surface area contributed by atoms with Gasteiger partial charge in [-0.1, -0.05) is 59.9 Å². The van der Waals surface area contributed by atoms with E-state index in [9.17, 15) is 18.4 Å². The summed E-state index contributed by atoms with van der Waals surface area (Å²) < 4.78 is 29.3. The summed E-state index contributed by atoms with van der Waals surface area (Å²) in [5, 5.41) is 0.806. The third-order valence-electron chi connectivity index (χ3n) is 5.94. The molecule has 5 aromatic rings. The number of fused-ring (bicyclic) bond motifs is 2. The first-order valence-electron chi connectivity index (χ1n) is 10.6. The van der Waals surface area contributed by atoms with E-state index in [1.807, 2.05) is 65.2 Å². The third-order valence-corrected chi connectivity index (χ3v) is 6.93. The molecule has 166 valence electrons. The maximum atomic E-state index is 13.7. The van der Waals surface area contributed by atoms with Crippen molar-refractivity contribution in [3.63, 3.8) is 0 Å². The Hall–Kier alpha value is -4.04. The molecule has 5 nitrogen and oxygen atoms in total. The molecule has 0 radical (unpaired) electrons. The fourth-order valence-electron chi connectivity index (χ4n) is 4.32. The molecule has 0 bridgehead atoms. The van der Waals surface area contributed by atoms with Crippen molar-refractivity contribution in [2.24, 2.45) is 5.92 Å². The zero-order chi connectivity index (χ0) is 23.4. The van der Waals surface area contributed by atoms with Gasteiger partial charge in [0.15, 0.2) is 33.7 Å². The number of nitrogens with zero attached hydrogens (tertiary/aromatic N) is 3. The van der Waals surface area contributed by atoms with Crippen LogP contribution in [0.25, 0.3) is 26.7 Å². The minimum absolute atomic E-state index is 0.00572. The van der Waals surface area contributed by atoms with Gasteiger partial charge in [0.1, 0.15) is 10.8 Å². The van der Waals surface area contributed by atoms with E-state index in [1.54, 1.807) is 0 Å². The molecule has 0 saturated carbocycles. The molecule has 2 heterocycles. The molecule has 0 amide bonds. The molecule has 0 spiro atoms. The Morgan fingerprint density at radius 3 is 2.03 bits per heavy atom. The van der Waals surface area contributed by atoms with Gasteiger partial charge in [-0.05, 0) is 24.3 Å². The molecule has 3 aromatic carbocycles. The van der Waals surface area contributed by atoms with Gasteiger partial charge in [-0.25, -0.2) is 18.7 Å². The maximum Gasteiger partial charge on any atom is 0.176 e. The molecule has 0 N–H and O–H groups in total. The fraction of sp³-hybridized carbons (Fsp3) is 0.0769. The monoisotopic (exact) mass is 471 g/mol. The zero-order valence-corrected chi connectivity index (χ0v) is 18.4. The van der Waals surface area contributed by atoms with Gasteiger partial charge in [-0.3, -0.25) is 14.2 Å². The quantitative estimate of drug-likeness (QED) is 0.317. The second-order valence-electron chi connectivity index (χ2n) is 8.01. The van der Waals surface area contributed by atoms with E-state index in [0.717, 1.165) is 28.4 Å². The number of para-hydroxylation sites is 1. The van der Waals surface area contributed by atoms with Gasteiger partial charge in [-0.2, -0.15) is 0 Å². The van der Waals surface area contributed by atoms with Crippen LogP contribution in [0, 0.1) is 17.6 Å². The Morgan fingerprint density at radius 2 is 1.41 bits per heavy atom. The number of carbonyl (C=O) groups is 2. The predicted molar refractivity (Wildman–Crippen MR) is 124 cm³/mol. The van der Waals surface area contributed by atoms with Crippen LogP contribution >= 0.6 is 11.3 Å². The first-order chi connectivity index (χ1) is 16.5. The van der Waals surface area contributed by atoms with Crippen LogP contribution in [0.1, 0.15) is 26.5 Å². The molecule has 6 rings (SSSR count). The van der Waals surface area contributed by atoms with Gasteiger partial charge in [0.2, 0.25) is 0 Å². The maximum absolute atomic E-state index is 13.7. The highest BCUT2D eigenvalue weighted by molar-refractivity contribution is 7.21. The van der Waals surface area contributed by atoms with Crippen LogP contribution in [0.15, 0.2) is 72.8 Å². The van der Waals surface area contributed by atoms with E-state index < -0.39 is 29.1 Å². The van der Waals surface area contributed by atoms with Gasteiger partial charge in [-0.15, -0.1) is 0 Å². The van der Waals surface area contributed by atoms with Crippen molar-refractivity contribution in [1.82, 2.24) is 14.5 Å². The van der Waals surface area contributed by atoms with Crippen LogP contribution in [0.4, 0.5) is 8.78 Å². The topological polar surface area (TPSA) is 64.8 Å². The number of benzene rings is 3. The van der Waals surface area contributed by atoms with E-state index in [1.165, 1.54) is 11.3 Å². The summed E-state index contributed by atoms with van der Waals surface area (Å²) >= 11 is 1.42. The molecular formula is C26H15F2N3O2S. The van der Waals surface area contributed by atoms with Crippen LogP contribution < -0.4 is 0 Å². The molecular weight excluding hydrogens is 456 g/mol. The lowest BCUT2D eigenvalue weighted by atomic mass is 9.99. The van der Waals surface area contributed by atoms with Crippen LogP contribution in [-0.4, -0.2) is 26.1 Å². The molecule has 8 heteroatoms. The Labute approximate surface area is 196 Å². The largest absolute Gasteiger partial charge is 0.293 e. The molecule has 1 aliphatic carbocycles. The molecule has 34 heavy (non-hydrogen) atoms. The van der Waals surface area contributed by atoms with Gasteiger partial charge >= 0.3 is 0 Å². The van der Waals surface area contributed by atoms with E-state index in [2.05, 4.69) is 0 Å². The SMILES string of the molecule is O=C1c2cc(F)c(F)cc2C(=O)C1Cc1nc2sc(-c3ccccc3)nc2n1-c1ccccc1. The Kier molecular flexibility index (Phi) is 4.70. The number of halogens is 2. The van der Waals surface area contributed by atoms with Crippen LogP contribution in [0.3, 0.4) is 0 Å². The standard InChI is InChI=1S/C26H15F2N3O2S/c27-19-11-16-17(12-20(19)28)23(33)18(22(16)32)13-21-29-26-24(31(21)15-9-5-2-6-10-15)30-25(34-26)14-7-3-1-4-8-14/h1-12,18H,13H2. The van der Waals surface area contributed by atoms with Gasteiger partial charge in [0.25, 0.3) is 0 Å². The van der Waals surface area contributed by atoms with Gasteiger partial charge in [0.05, 0.1) is 5.92 Å². The smallest absolute Gasteiger partial charge is 0.176 e. The second-order valence-corrected chi connectivity index (χ2v) is 8.99. The van der Waals surface area contributed by atoms with Crippen molar-refractivity contribution in [3.8, 4) is 16.3 Å². The summed E-state index contributed by atoms with van der Waals surface area (Å²) in [6.07, 6.45) is -0.00572. The van der Waals surface area contributed by atoms with Crippen LogP contribution in [0.2, 0.25) is 0 Å². The number of ketones is 2. The number of hydrogen-bond donors (Lipinski definition) is 0. The van der Waals surface area contributed by atoms with Crippen molar-refractivity contribution < 1.29 is 18.4 Å². The van der Waals surface area contributed by atoms with E-state index in [-0.39, 0.29) is 17.5 Å². The summed E-state index contributed by atoms with van der Waals surface area (Å²) in [5.74, 6) is -3.96. The number of aromatic nitrogens is 3. The lowest BCUT2D eigenvalue weighted by Gasteiger charge is -2.11. The molecule has 2 aromatic heterocycles. The Balaban J connectivity index is 1.45. The highest BCUT2D eigenvalue weighted by Gasteiger charge is 2.40. The summed E-state index contributed by atoms with van der Waals surface area (Å²) in [7, 11) is 0. The molecule has 1 aliphatic rings. The number of thiazole rings is 1. The van der Waals surface area contributed by atoms with Crippen LogP contribution in [-0.2, 0) is 6.42 Å². The first-order valence-corrected chi connectivity index (χ1v) is 11.4. The number of imidazole rings is 1. The summed E-state index contributed by atoms with van der Waals surface area (Å²) in [6.45, 7) is 0. The zero-order valence-electron chi connectivity index (χ0n) is 17.5. The van der Waals surface area contributed by atoms with Crippen molar-refractivity contribution in [2.75, 3.05) is 0 Å². The molecule has 0 aliphatic heterocycles. The molecule has 0 fully saturated rings. The predicted octanol–water partition coefficient (Wildman–Crippen LogP) is 5.67. The molecule has 0 atom stereocenters. The van der Waals surface area contributed by atoms with Crippen molar-refractivity contribution in [2.45, 2.75) is 6.42 Å². The van der Waals surface area contributed by atoms with E-state index >= 15 is 0 Å². The summed E-state index contributed by atoms with van der Waals surface area (Å²) in [5.41, 5.74) is 2.21. The Bertz CT molecular complexity index is 1550. The number of Topliss-reactive ketones (excluding diaryl/α,β-unsaturated/α-hetero) is 2. The fourth-order valence-corrected chi connectivity index (χ4v) is 5.27. The lowest BCUT2D eigenvalue weighted by Crippen LogP contribution is -2.20. The third kappa shape index (κ3) is 3.18. The number of carbonyl (C=O) groups excluding carboxylic acids is 2. The average Bonchev–Trinajstić information content (AvgIpc) is 3.47. The van der Waals surface area contributed by atoms with E-state index in [0.29, 0.717) is 16.3 Å². The first kappa shape index (κ1) is 20.6. The van der Waals surface area contributed by atoms with Gasteiger partial charge < -0.3 is 0 Å². The normalized spacial score (nSPS) is 13.7. The average molecular weight is 471 g/mol. The van der Waals surface area contributed by atoms with Crippen LogP contribution in [0.5, 0.6) is 0 Å². The van der Waals surface area contributed by atoms with E-state index in [4.69, 9.17) is 9.97 Å². The van der Waals surface area contributed by atoms with Crippen molar-refractivity contribution >= 4 is 33.4 Å². The van der Waals surface area contributed by atoms with Crippen molar-refractivity contribution in [3.05, 3.63) is 101 Å². The number of hydrogen-bond acceptors (Lipinski definition) is 5. The highest BCUT2D eigenvalue weighted by Crippen LogP contribution is 2.35. The molecule has 0 unspecified atom stereocenters. The molecule has 0 saturated heterocycles. The minimum Gasteiger partial charge on any atom is -0.293 e. The summed E-state index contributed by atoms with van der Waals surface area (Å²) in [6, 6.07) is 20.8. The lowest BCUT2D eigenvalue weighted by molar-refractivity contribution is 0.0836. The minimum atomic E-state index is -1.15. The summed E-state index contributed by atoms with van der Waals surface area (Å²) in [4.78, 5) is 36.1. The van der Waals surface area contributed by atoms with Gasteiger partial charge in [0, 0.05) is 28.8 Å². The number of rotatable bonds is 4. The van der Waals surface area contributed by atoms with Crippen molar-refractivity contribution in [1.29, 1.82) is 0 Å². The Morgan fingerprint density at radius 1 is 0.824 bits per heavy atom.